The number of hydrogen-bond acceptors (Lipinski definition) is 7. The van der Waals surface area contributed by atoms with Crippen molar-refractivity contribution in [3.8, 4) is 51.4 Å². The Kier molecular flexibility index (Phi) is 6.76. The van der Waals surface area contributed by atoms with Crippen molar-refractivity contribution in [1.82, 2.24) is 29.5 Å². The van der Waals surface area contributed by atoms with Crippen molar-refractivity contribution in [1.29, 1.82) is 0 Å². The maximum Gasteiger partial charge on any atom is 0.238 e. The number of rotatable bonds is 5. The molecule has 0 bridgehead atoms. The van der Waals surface area contributed by atoms with Crippen LogP contribution in [0.1, 0.15) is 0 Å². The summed E-state index contributed by atoms with van der Waals surface area (Å²) in [7, 11) is 0. The molecule has 0 unspecified atom stereocenters. The zero-order chi connectivity index (χ0) is 37.5. The molecule has 0 fully saturated rings. The average molecular weight is 733 g/mol. The molecule has 0 radical (unpaired) electrons. The Bertz CT molecular complexity index is 3480. The normalized spacial score (nSPS) is 11.9. The van der Waals surface area contributed by atoms with Crippen LogP contribution in [-0.2, 0) is 0 Å². The largest absolute Gasteiger partial charge is 0.455 e. The van der Waals surface area contributed by atoms with Gasteiger partial charge in [0.05, 0.1) is 16.6 Å². The van der Waals surface area contributed by atoms with E-state index < -0.39 is 0 Å². The molecule has 5 aromatic heterocycles. The fourth-order valence-electron chi connectivity index (χ4n) is 8.06. The summed E-state index contributed by atoms with van der Waals surface area (Å²) in [5.41, 5.74) is 9.79. The highest BCUT2D eigenvalue weighted by atomic mass is 16.3. The fraction of sp³-hybridized carbons (Fsp3) is 0. The Morgan fingerprint density at radius 1 is 0.368 bits per heavy atom. The number of para-hydroxylation sites is 4. The van der Waals surface area contributed by atoms with Gasteiger partial charge in [-0.3, -0.25) is 4.57 Å². The summed E-state index contributed by atoms with van der Waals surface area (Å²) in [6, 6.07) is 57.1. The standard InChI is InChI=1S/C49H28N6O2/c1-3-14-29(15-4-1)42-45-43(36-20-9-12-25-40(36)56-45)51-47(50-42)31-26-27-34-35-21-13-22-37(44(35)57-41(34)28-31)48-52-46(30-16-5-2-6-17-30)53-49(54-48)55-38-23-10-7-18-32(38)33-19-8-11-24-39(33)55/h1-28H. The van der Waals surface area contributed by atoms with Gasteiger partial charge in [-0.2, -0.15) is 9.97 Å². The van der Waals surface area contributed by atoms with Crippen LogP contribution >= 0.6 is 0 Å². The molecule has 0 atom stereocenters. The number of aromatic nitrogens is 6. The van der Waals surface area contributed by atoms with Crippen LogP contribution in [0.5, 0.6) is 0 Å². The van der Waals surface area contributed by atoms with Crippen molar-refractivity contribution in [2.24, 2.45) is 0 Å². The topological polar surface area (TPSA) is 95.7 Å². The summed E-state index contributed by atoms with van der Waals surface area (Å²) in [5, 5.41) is 5.12. The van der Waals surface area contributed by atoms with E-state index in [-0.39, 0.29) is 0 Å². The van der Waals surface area contributed by atoms with Crippen molar-refractivity contribution in [3.05, 3.63) is 170 Å². The van der Waals surface area contributed by atoms with Gasteiger partial charge in [0, 0.05) is 43.6 Å². The first kappa shape index (κ1) is 31.4. The molecule has 0 aliphatic carbocycles. The second-order valence-electron chi connectivity index (χ2n) is 14.1. The van der Waals surface area contributed by atoms with Gasteiger partial charge >= 0.3 is 0 Å². The molecule has 0 amide bonds. The predicted octanol–water partition coefficient (Wildman–Crippen LogP) is 12.2. The van der Waals surface area contributed by atoms with Gasteiger partial charge in [0.15, 0.2) is 23.1 Å². The maximum absolute atomic E-state index is 6.79. The monoisotopic (exact) mass is 732 g/mol. The molecule has 8 heteroatoms. The number of fused-ring (bicyclic) bond motifs is 9. The first-order valence-corrected chi connectivity index (χ1v) is 18.8. The van der Waals surface area contributed by atoms with Crippen molar-refractivity contribution in [3.63, 3.8) is 0 Å². The Balaban J connectivity index is 1.06. The number of benzene rings is 7. The summed E-state index contributed by atoms with van der Waals surface area (Å²) in [6.45, 7) is 0. The molecular weight excluding hydrogens is 705 g/mol. The molecule has 0 aliphatic heterocycles. The van der Waals surface area contributed by atoms with Crippen LogP contribution < -0.4 is 0 Å². The highest BCUT2D eigenvalue weighted by molar-refractivity contribution is 6.11. The molecule has 8 nitrogen and oxygen atoms in total. The molecule has 57 heavy (non-hydrogen) atoms. The second kappa shape index (κ2) is 12.3. The Morgan fingerprint density at radius 2 is 0.982 bits per heavy atom. The van der Waals surface area contributed by atoms with Gasteiger partial charge in [-0.05, 0) is 42.5 Å². The number of hydrogen-bond donors (Lipinski definition) is 0. The molecule has 0 aliphatic rings. The van der Waals surface area contributed by atoms with Crippen LogP contribution in [0.3, 0.4) is 0 Å². The van der Waals surface area contributed by atoms with E-state index in [1.807, 2.05) is 115 Å². The molecule has 12 rings (SSSR count). The Hall–Kier alpha value is -7.97. The van der Waals surface area contributed by atoms with Crippen molar-refractivity contribution >= 4 is 65.8 Å². The van der Waals surface area contributed by atoms with E-state index in [0.29, 0.717) is 40.2 Å². The molecule has 12 aromatic rings. The molecule has 0 saturated carbocycles. The first-order chi connectivity index (χ1) is 28.2. The third kappa shape index (κ3) is 4.91. The van der Waals surface area contributed by atoms with Crippen LogP contribution in [0.25, 0.3) is 117 Å². The summed E-state index contributed by atoms with van der Waals surface area (Å²) in [5.74, 6) is 2.19. The smallest absolute Gasteiger partial charge is 0.238 e. The second-order valence-corrected chi connectivity index (χ2v) is 14.1. The minimum atomic E-state index is 0.513. The highest BCUT2D eigenvalue weighted by Gasteiger charge is 2.22. The van der Waals surface area contributed by atoms with Gasteiger partial charge in [-0.25, -0.2) is 15.0 Å². The van der Waals surface area contributed by atoms with Gasteiger partial charge in [-0.15, -0.1) is 0 Å². The van der Waals surface area contributed by atoms with Crippen LogP contribution in [-0.4, -0.2) is 29.5 Å². The van der Waals surface area contributed by atoms with E-state index in [1.54, 1.807) is 0 Å². The third-order valence-corrected chi connectivity index (χ3v) is 10.7. The van der Waals surface area contributed by atoms with Gasteiger partial charge in [0.1, 0.15) is 28.0 Å². The van der Waals surface area contributed by atoms with Crippen molar-refractivity contribution in [2.45, 2.75) is 0 Å². The van der Waals surface area contributed by atoms with Gasteiger partial charge < -0.3 is 8.83 Å². The van der Waals surface area contributed by atoms with E-state index in [0.717, 1.165) is 77.0 Å². The zero-order valence-corrected chi connectivity index (χ0v) is 30.2. The maximum atomic E-state index is 6.79. The molecule has 0 saturated heterocycles. The minimum Gasteiger partial charge on any atom is -0.455 e. The summed E-state index contributed by atoms with van der Waals surface area (Å²) >= 11 is 0. The van der Waals surface area contributed by atoms with Gasteiger partial charge in [-0.1, -0.05) is 127 Å². The lowest BCUT2D eigenvalue weighted by atomic mass is 10.1. The lowest BCUT2D eigenvalue weighted by molar-refractivity contribution is 0.667. The zero-order valence-electron chi connectivity index (χ0n) is 30.2. The number of nitrogens with zero attached hydrogens (tertiary/aromatic N) is 6. The van der Waals surface area contributed by atoms with E-state index in [4.69, 9.17) is 33.8 Å². The van der Waals surface area contributed by atoms with Crippen LogP contribution in [0.15, 0.2) is 179 Å². The summed E-state index contributed by atoms with van der Waals surface area (Å²) in [4.78, 5) is 25.6. The van der Waals surface area contributed by atoms with E-state index in [2.05, 4.69) is 59.2 Å². The Morgan fingerprint density at radius 3 is 1.75 bits per heavy atom. The molecule has 266 valence electrons. The Labute approximate surface area is 324 Å². The predicted molar refractivity (Wildman–Crippen MR) is 226 cm³/mol. The van der Waals surface area contributed by atoms with Crippen molar-refractivity contribution < 1.29 is 8.83 Å². The van der Waals surface area contributed by atoms with Gasteiger partial charge in [0.25, 0.3) is 0 Å². The quantitative estimate of drug-likeness (QED) is 0.174. The highest BCUT2D eigenvalue weighted by Crippen LogP contribution is 2.40. The number of furan rings is 2. The lowest BCUT2D eigenvalue weighted by Gasteiger charge is -2.11. The molecular formula is C49H28N6O2. The minimum absolute atomic E-state index is 0.513. The van der Waals surface area contributed by atoms with E-state index >= 15 is 0 Å². The molecule has 7 aromatic carbocycles. The fourth-order valence-corrected chi connectivity index (χ4v) is 8.06. The third-order valence-electron chi connectivity index (χ3n) is 10.7. The van der Waals surface area contributed by atoms with Crippen LogP contribution in [0.2, 0.25) is 0 Å². The SMILES string of the molecule is c1ccc(-c2nc(-c3cccc4c3oc3cc(-c5nc(-c6ccccc6)c6oc7ccccc7c6n5)ccc34)nc(-n3c4ccccc4c4ccccc43)n2)cc1. The lowest BCUT2D eigenvalue weighted by Crippen LogP contribution is -2.06. The molecule has 5 heterocycles. The van der Waals surface area contributed by atoms with E-state index in [1.165, 1.54) is 0 Å². The van der Waals surface area contributed by atoms with Crippen LogP contribution in [0.4, 0.5) is 0 Å². The summed E-state index contributed by atoms with van der Waals surface area (Å²) in [6.07, 6.45) is 0. The summed E-state index contributed by atoms with van der Waals surface area (Å²) < 4.78 is 15.3. The molecule has 0 spiro atoms. The average Bonchev–Trinajstić information content (AvgIpc) is 3.96. The van der Waals surface area contributed by atoms with Crippen LogP contribution in [0, 0.1) is 0 Å². The van der Waals surface area contributed by atoms with E-state index in [9.17, 15) is 0 Å². The van der Waals surface area contributed by atoms with Gasteiger partial charge in [0.2, 0.25) is 5.95 Å². The van der Waals surface area contributed by atoms with Crippen molar-refractivity contribution in [2.75, 3.05) is 0 Å². The molecule has 0 N–H and O–H groups in total. The first-order valence-electron chi connectivity index (χ1n) is 18.8.